The molecular weight excluding hydrogens is 412 g/mol. The van der Waals surface area contributed by atoms with Crippen LogP contribution in [0.15, 0.2) is 68.1 Å². The standard InChI is InChI=1S/C24H24N2O4S/c1-5-29-23(28)20-15(4)25-24-26(21(20)17-10-8-16(9-11-17)14(2)3)22(27)19(31-24)13-18-7-6-12-30-18/h6-14,21H,5H2,1-4H3. The average molecular weight is 437 g/mol. The zero-order valence-electron chi connectivity index (χ0n) is 17.9. The van der Waals surface area contributed by atoms with Crippen molar-refractivity contribution in [3.63, 3.8) is 0 Å². The van der Waals surface area contributed by atoms with Crippen molar-refractivity contribution in [3.8, 4) is 0 Å². The smallest absolute Gasteiger partial charge is 0.338 e. The van der Waals surface area contributed by atoms with E-state index >= 15 is 0 Å². The second-order valence-corrected chi connectivity index (χ2v) is 8.65. The highest BCUT2D eigenvalue weighted by atomic mass is 32.1. The summed E-state index contributed by atoms with van der Waals surface area (Å²) < 4.78 is 12.8. The highest BCUT2D eigenvalue weighted by Crippen LogP contribution is 2.31. The number of furan rings is 1. The second kappa shape index (κ2) is 8.51. The van der Waals surface area contributed by atoms with Gasteiger partial charge in [-0.3, -0.25) is 9.36 Å². The summed E-state index contributed by atoms with van der Waals surface area (Å²) in [6.45, 7) is 8.04. The fraction of sp³-hybridized carbons (Fsp3) is 0.292. The summed E-state index contributed by atoms with van der Waals surface area (Å²) in [5.74, 6) is 0.512. The van der Waals surface area contributed by atoms with Gasteiger partial charge in [0.25, 0.3) is 5.56 Å². The van der Waals surface area contributed by atoms with Gasteiger partial charge in [0.15, 0.2) is 4.80 Å². The van der Waals surface area contributed by atoms with Crippen LogP contribution in [0.2, 0.25) is 0 Å². The van der Waals surface area contributed by atoms with E-state index in [4.69, 9.17) is 9.15 Å². The quantitative estimate of drug-likeness (QED) is 0.574. The minimum atomic E-state index is -0.602. The van der Waals surface area contributed by atoms with Gasteiger partial charge >= 0.3 is 5.97 Å². The first-order valence-corrected chi connectivity index (χ1v) is 11.1. The number of hydrogen-bond acceptors (Lipinski definition) is 6. The van der Waals surface area contributed by atoms with E-state index in [2.05, 4.69) is 18.8 Å². The van der Waals surface area contributed by atoms with E-state index in [9.17, 15) is 9.59 Å². The zero-order chi connectivity index (χ0) is 22.1. The van der Waals surface area contributed by atoms with Crippen LogP contribution in [0.1, 0.15) is 56.5 Å². The lowest BCUT2D eigenvalue weighted by molar-refractivity contribution is -0.139. The molecular formula is C24H24N2O4S. The summed E-state index contributed by atoms with van der Waals surface area (Å²) in [6.07, 6.45) is 3.26. The number of carbonyl (C=O) groups excluding carboxylic acids is 1. The lowest BCUT2D eigenvalue weighted by Gasteiger charge is -2.25. The number of rotatable bonds is 5. The highest BCUT2D eigenvalue weighted by Gasteiger charge is 2.33. The van der Waals surface area contributed by atoms with Crippen molar-refractivity contribution in [1.29, 1.82) is 0 Å². The number of allylic oxidation sites excluding steroid dienone is 1. The number of carbonyl (C=O) groups is 1. The van der Waals surface area contributed by atoms with Gasteiger partial charge in [-0.05, 0) is 43.0 Å². The summed E-state index contributed by atoms with van der Waals surface area (Å²) in [7, 11) is 0. The van der Waals surface area contributed by atoms with Crippen LogP contribution >= 0.6 is 11.3 Å². The number of ether oxygens (including phenoxy) is 1. The molecule has 0 saturated heterocycles. The number of aromatic nitrogens is 1. The van der Waals surface area contributed by atoms with Crippen LogP contribution in [0.5, 0.6) is 0 Å². The first-order chi connectivity index (χ1) is 14.9. The van der Waals surface area contributed by atoms with Gasteiger partial charge in [0.1, 0.15) is 5.76 Å². The number of fused-ring (bicyclic) bond motifs is 1. The SMILES string of the molecule is CCOC(=O)C1=C(C)N=c2sc(=Cc3ccco3)c(=O)n2C1c1ccc(C(C)C)cc1. The Labute approximate surface area is 183 Å². The number of nitrogens with zero attached hydrogens (tertiary/aromatic N) is 2. The third-order valence-corrected chi connectivity index (χ3v) is 6.24. The first-order valence-electron chi connectivity index (χ1n) is 10.2. The normalized spacial score (nSPS) is 16.4. The molecule has 0 radical (unpaired) electrons. The zero-order valence-corrected chi connectivity index (χ0v) is 18.7. The van der Waals surface area contributed by atoms with Crippen LogP contribution in [-0.2, 0) is 9.53 Å². The molecule has 4 rings (SSSR count). The molecule has 1 unspecified atom stereocenters. The predicted molar refractivity (Wildman–Crippen MR) is 120 cm³/mol. The highest BCUT2D eigenvalue weighted by molar-refractivity contribution is 7.07. The van der Waals surface area contributed by atoms with Gasteiger partial charge < -0.3 is 9.15 Å². The van der Waals surface area contributed by atoms with E-state index in [1.807, 2.05) is 24.3 Å². The maximum absolute atomic E-state index is 13.4. The van der Waals surface area contributed by atoms with Crippen LogP contribution in [0, 0.1) is 0 Å². The fourth-order valence-electron chi connectivity index (χ4n) is 3.67. The summed E-state index contributed by atoms with van der Waals surface area (Å²) in [6, 6.07) is 11.0. The lowest BCUT2D eigenvalue weighted by atomic mass is 9.93. The topological polar surface area (TPSA) is 73.8 Å². The van der Waals surface area contributed by atoms with E-state index in [0.717, 1.165) is 5.56 Å². The largest absolute Gasteiger partial charge is 0.465 e. The molecule has 0 aliphatic carbocycles. The van der Waals surface area contributed by atoms with Gasteiger partial charge in [-0.2, -0.15) is 0 Å². The van der Waals surface area contributed by atoms with Gasteiger partial charge in [0.05, 0.1) is 34.7 Å². The predicted octanol–water partition coefficient (Wildman–Crippen LogP) is 3.51. The third-order valence-electron chi connectivity index (χ3n) is 5.25. The van der Waals surface area contributed by atoms with Crippen molar-refractivity contribution in [2.45, 2.75) is 39.7 Å². The van der Waals surface area contributed by atoms with Crippen molar-refractivity contribution in [2.75, 3.05) is 6.61 Å². The molecule has 1 aromatic carbocycles. The van der Waals surface area contributed by atoms with E-state index < -0.39 is 12.0 Å². The van der Waals surface area contributed by atoms with Crippen LogP contribution in [0.4, 0.5) is 0 Å². The Kier molecular flexibility index (Phi) is 5.78. The Hall–Kier alpha value is -3.19. The molecule has 3 heterocycles. The molecule has 2 aromatic heterocycles. The molecule has 1 atom stereocenters. The van der Waals surface area contributed by atoms with Crippen molar-refractivity contribution in [2.24, 2.45) is 4.99 Å². The number of thiazole rings is 1. The average Bonchev–Trinajstić information content (AvgIpc) is 3.35. The summed E-state index contributed by atoms with van der Waals surface area (Å²) in [5.41, 5.74) is 2.76. The second-order valence-electron chi connectivity index (χ2n) is 7.64. The molecule has 0 bridgehead atoms. The molecule has 0 spiro atoms. The van der Waals surface area contributed by atoms with E-state index in [1.54, 1.807) is 42.9 Å². The van der Waals surface area contributed by atoms with E-state index in [1.165, 1.54) is 16.9 Å². The molecule has 0 amide bonds. The van der Waals surface area contributed by atoms with Crippen LogP contribution in [0.3, 0.4) is 0 Å². The maximum Gasteiger partial charge on any atom is 0.338 e. The van der Waals surface area contributed by atoms with Crippen molar-refractivity contribution >= 4 is 23.4 Å². The summed E-state index contributed by atoms with van der Waals surface area (Å²) in [4.78, 5) is 31.4. The maximum atomic E-state index is 13.4. The Bertz CT molecular complexity index is 1310. The Balaban J connectivity index is 1.94. The van der Waals surface area contributed by atoms with Gasteiger partial charge in [-0.25, -0.2) is 9.79 Å². The van der Waals surface area contributed by atoms with Crippen LogP contribution in [-0.4, -0.2) is 17.1 Å². The van der Waals surface area contributed by atoms with Crippen molar-refractivity contribution in [1.82, 2.24) is 4.57 Å². The molecule has 1 aliphatic heterocycles. The molecule has 1 aliphatic rings. The van der Waals surface area contributed by atoms with E-state index in [-0.39, 0.29) is 12.2 Å². The van der Waals surface area contributed by atoms with E-state index in [0.29, 0.717) is 32.3 Å². The number of benzene rings is 1. The van der Waals surface area contributed by atoms with Gasteiger partial charge in [0, 0.05) is 6.08 Å². The molecule has 0 N–H and O–H groups in total. The Morgan fingerprint density at radius 3 is 2.65 bits per heavy atom. The van der Waals surface area contributed by atoms with Crippen LogP contribution in [0.25, 0.3) is 6.08 Å². The molecule has 160 valence electrons. The van der Waals surface area contributed by atoms with Crippen molar-refractivity contribution < 1.29 is 13.9 Å². The number of hydrogen-bond donors (Lipinski definition) is 0. The molecule has 0 fully saturated rings. The Morgan fingerprint density at radius 2 is 2.03 bits per heavy atom. The van der Waals surface area contributed by atoms with Gasteiger partial charge in [-0.15, -0.1) is 0 Å². The number of esters is 1. The van der Waals surface area contributed by atoms with Gasteiger partial charge in [-0.1, -0.05) is 49.4 Å². The Morgan fingerprint density at radius 1 is 1.29 bits per heavy atom. The molecule has 31 heavy (non-hydrogen) atoms. The van der Waals surface area contributed by atoms with Crippen molar-refractivity contribution in [3.05, 3.63) is 90.5 Å². The summed E-state index contributed by atoms with van der Waals surface area (Å²) in [5, 5.41) is 0. The molecule has 3 aromatic rings. The lowest BCUT2D eigenvalue weighted by Crippen LogP contribution is -2.39. The molecule has 0 saturated carbocycles. The molecule has 7 heteroatoms. The fourth-order valence-corrected chi connectivity index (χ4v) is 4.70. The third kappa shape index (κ3) is 3.93. The molecule has 6 nitrogen and oxygen atoms in total. The first kappa shape index (κ1) is 21.1. The summed E-state index contributed by atoms with van der Waals surface area (Å²) >= 11 is 1.28. The van der Waals surface area contributed by atoms with Crippen LogP contribution < -0.4 is 14.9 Å². The minimum absolute atomic E-state index is 0.215. The van der Waals surface area contributed by atoms with Gasteiger partial charge in [0.2, 0.25) is 0 Å². The minimum Gasteiger partial charge on any atom is -0.465 e. The monoisotopic (exact) mass is 436 g/mol.